The molecule has 0 N–H and O–H groups in total. The van der Waals surface area contributed by atoms with Gasteiger partial charge in [0.15, 0.2) is 5.58 Å². The van der Waals surface area contributed by atoms with Crippen molar-refractivity contribution in [1.29, 1.82) is 0 Å². The average molecular weight is 374 g/mol. The van der Waals surface area contributed by atoms with Gasteiger partial charge in [0.25, 0.3) is 0 Å². The lowest BCUT2D eigenvalue weighted by molar-refractivity contribution is 0.563. The number of rotatable bonds is 2. The molecule has 4 rings (SSSR count). The minimum Gasteiger partial charge on any atom is -0.421 e. The van der Waals surface area contributed by atoms with E-state index < -0.39 is 5.63 Å². The predicted octanol–water partition coefficient (Wildman–Crippen LogP) is 5.89. The Morgan fingerprint density at radius 3 is 2.62 bits per heavy atom. The summed E-state index contributed by atoms with van der Waals surface area (Å²) < 4.78 is 5.37. The highest BCUT2D eigenvalue weighted by atomic mass is 35.5. The zero-order valence-electron chi connectivity index (χ0n) is 12.1. The monoisotopic (exact) mass is 373 g/mol. The molecule has 6 heteroatoms. The van der Waals surface area contributed by atoms with E-state index in [1.54, 1.807) is 18.2 Å². The van der Waals surface area contributed by atoms with Crippen LogP contribution in [0.5, 0.6) is 0 Å². The second-order valence-electron chi connectivity index (χ2n) is 5.16. The number of aromatic nitrogens is 1. The summed E-state index contributed by atoms with van der Waals surface area (Å²) in [7, 11) is 0. The third kappa shape index (κ3) is 2.73. The van der Waals surface area contributed by atoms with Crippen LogP contribution < -0.4 is 5.63 Å². The number of halogens is 2. The molecule has 0 saturated carbocycles. The van der Waals surface area contributed by atoms with Gasteiger partial charge >= 0.3 is 5.63 Å². The normalized spacial score (nSPS) is 11.1. The first-order chi connectivity index (χ1) is 11.6. The van der Waals surface area contributed by atoms with E-state index in [0.717, 1.165) is 11.3 Å². The number of hydrogen-bond donors (Lipinski definition) is 0. The van der Waals surface area contributed by atoms with Crippen LogP contribution in [-0.2, 0) is 0 Å². The number of fused-ring (bicyclic) bond motifs is 1. The van der Waals surface area contributed by atoms with Crippen molar-refractivity contribution < 1.29 is 4.42 Å². The van der Waals surface area contributed by atoms with E-state index in [9.17, 15) is 4.79 Å². The van der Waals surface area contributed by atoms with E-state index >= 15 is 0 Å². The molecule has 2 aromatic carbocycles. The van der Waals surface area contributed by atoms with Gasteiger partial charge in [0.1, 0.15) is 5.01 Å². The van der Waals surface area contributed by atoms with Gasteiger partial charge in [-0.15, -0.1) is 11.3 Å². The maximum absolute atomic E-state index is 12.3. The molecule has 0 aliphatic heterocycles. The Morgan fingerprint density at radius 2 is 1.83 bits per heavy atom. The third-order valence-electron chi connectivity index (χ3n) is 3.56. The summed E-state index contributed by atoms with van der Waals surface area (Å²) in [5.74, 6) is 0. The zero-order chi connectivity index (χ0) is 16.7. The van der Waals surface area contributed by atoms with Gasteiger partial charge in [0, 0.05) is 21.4 Å². The Hall–Kier alpha value is -2.14. The van der Waals surface area contributed by atoms with Crippen LogP contribution in [0.4, 0.5) is 0 Å². The molecule has 0 amide bonds. The van der Waals surface area contributed by atoms with E-state index in [4.69, 9.17) is 27.6 Å². The highest BCUT2D eigenvalue weighted by molar-refractivity contribution is 7.13. The summed E-state index contributed by atoms with van der Waals surface area (Å²) in [4.78, 5) is 16.9. The van der Waals surface area contributed by atoms with Crippen LogP contribution in [0.1, 0.15) is 0 Å². The largest absolute Gasteiger partial charge is 0.421 e. The van der Waals surface area contributed by atoms with E-state index in [0.29, 0.717) is 31.6 Å². The number of nitrogens with zero attached hydrogens (tertiary/aromatic N) is 1. The molecule has 2 aromatic heterocycles. The second kappa shape index (κ2) is 6.06. The van der Waals surface area contributed by atoms with Crippen molar-refractivity contribution in [3.05, 3.63) is 74.4 Å². The van der Waals surface area contributed by atoms with Crippen molar-refractivity contribution in [3.8, 4) is 21.8 Å². The molecule has 4 aromatic rings. The molecule has 0 radical (unpaired) electrons. The maximum Gasteiger partial charge on any atom is 0.346 e. The van der Waals surface area contributed by atoms with Gasteiger partial charge in [-0.05, 0) is 18.2 Å². The fourth-order valence-corrected chi connectivity index (χ4v) is 3.83. The van der Waals surface area contributed by atoms with E-state index in [1.807, 2.05) is 35.7 Å². The Balaban J connectivity index is 1.87. The summed E-state index contributed by atoms with van der Waals surface area (Å²) >= 11 is 13.5. The van der Waals surface area contributed by atoms with Gasteiger partial charge in [0.2, 0.25) is 0 Å². The van der Waals surface area contributed by atoms with Crippen LogP contribution in [-0.4, -0.2) is 4.98 Å². The first kappa shape index (κ1) is 15.4. The lowest BCUT2D eigenvalue weighted by Gasteiger charge is -2.02. The molecule has 2 heterocycles. The molecule has 0 fully saturated rings. The smallest absolute Gasteiger partial charge is 0.346 e. The SMILES string of the molecule is O=c1oc2c(Cl)cc(Cl)cc2cc1-c1nc(-c2ccccc2)cs1. The number of hydrogen-bond acceptors (Lipinski definition) is 4. The summed E-state index contributed by atoms with van der Waals surface area (Å²) in [6, 6.07) is 14.8. The van der Waals surface area contributed by atoms with Crippen molar-refractivity contribution in [1.82, 2.24) is 4.98 Å². The molecule has 0 saturated heterocycles. The highest BCUT2D eigenvalue weighted by Crippen LogP contribution is 2.32. The molecule has 0 atom stereocenters. The summed E-state index contributed by atoms with van der Waals surface area (Å²) in [5, 5.41) is 3.97. The van der Waals surface area contributed by atoms with E-state index in [2.05, 4.69) is 4.98 Å². The van der Waals surface area contributed by atoms with E-state index in [1.165, 1.54) is 11.3 Å². The average Bonchev–Trinajstić information content (AvgIpc) is 3.06. The predicted molar refractivity (Wildman–Crippen MR) is 99.0 cm³/mol. The van der Waals surface area contributed by atoms with E-state index in [-0.39, 0.29) is 0 Å². The third-order valence-corrected chi connectivity index (χ3v) is 4.93. The lowest BCUT2D eigenvalue weighted by Crippen LogP contribution is -2.02. The fraction of sp³-hybridized carbons (Fsp3) is 0. The minimum atomic E-state index is -0.472. The van der Waals surface area contributed by atoms with Gasteiger partial charge in [-0.1, -0.05) is 53.5 Å². The van der Waals surface area contributed by atoms with Gasteiger partial charge < -0.3 is 4.42 Å². The maximum atomic E-state index is 12.3. The first-order valence-corrected chi connectivity index (χ1v) is 8.69. The summed E-state index contributed by atoms with van der Waals surface area (Å²) in [6.45, 7) is 0. The van der Waals surface area contributed by atoms with Crippen molar-refractivity contribution in [3.63, 3.8) is 0 Å². The van der Waals surface area contributed by atoms with Crippen LogP contribution in [0.3, 0.4) is 0 Å². The van der Waals surface area contributed by atoms with Crippen LogP contribution in [0.15, 0.2) is 63.1 Å². The highest BCUT2D eigenvalue weighted by Gasteiger charge is 2.14. The molecule has 24 heavy (non-hydrogen) atoms. The molecule has 0 spiro atoms. The van der Waals surface area contributed by atoms with Gasteiger partial charge in [-0.2, -0.15) is 0 Å². The zero-order valence-corrected chi connectivity index (χ0v) is 14.5. The Bertz CT molecular complexity index is 1100. The van der Waals surface area contributed by atoms with Gasteiger partial charge in [0.05, 0.1) is 16.3 Å². The lowest BCUT2D eigenvalue weighted by atomic mass is 10.1. The molecule has 0 unspecified atom stereocenters. The van der Waals surface area contributed by atoms with Crippen molar-refractivity contribution in [2.75, 3.05) is 0 Å². The van der Waals surface area contributed by atoms with Crippen LogP contribution >= 0.6 is 34.5 Å². The quantitative estimate of drug-likeness (QED) is 0.411. The topological polar surface area (TPSA) is 43.1 Å². The number of benzene rings is 2. The molecule has 0 aliphatic rings. The first-order valence-electron chi connectivity index (χ1n) is 7.06. The standard InChI is InChI=1S/C18H9Cl2NO2S/c19-12-6-11-7-13(18(22)23-16(11)14(20)8-12)17-21-15(9-24-17)10-4-2-1-3-5-10/h1-9H. The minimum absolute atomic E-state index is 0.310. The molecule has 3 nitrogen and oxygen atoms in total. The number of thiazole rings is 1. The molecular weight excluding hydrogens is 365 g/mol. The van der Waals surface area contributed by atoms with Crippen LogP contribution in [0.25, 0.3) is 32.8 Å². The molecule has 0 bridgehead atoms. The summed E-state index contributed by atoms with van der Waals surface area (Å²) in [5.41, 5.74) is 2.07. The van der Waals surface area contributed by atoms with Gasteiger partial charge in [-0.3, -0.25) is 0 Å². The van der Waals surface area contributed by atoms with Crippen LogP contribution in [0, 0.1) is 0 Å². The second-order valence-corrected chi connectivity index (χ2v) is 6.86. The molecular formula is C18H9Cl2NO2S. The van der Waals surface area contributed by atoms with Crippen molar-refractivity contribution in [2.45, 2.75) is 0 Å². The van der Waals surface area contributed by atoms with Crippen molar-refractivity contribution in [2.24, 2.45) is 0 Å². The van der Waals surface area contributed by atoms with Gasteiger partial charge in [-0.25, -0.2) is 9.78 Å². The summed E-state index contributed by atoms with van der Waals surface area (Å²) in [6.07, 6.45) is 0. The van der Waals surface area contributed by atoms with Crippen molar-refractivity contribution >= 4 is 45.5 Å². The Labute approximate surface area is 151 Å². The molecule has 118 valence electrons. The van der Waals surface area contributed by atoms with Crippen LogP contribution in [0.2, 0.25) is 10.0 Å². The Morgan fingerprint density at radius 1 is 1.04 bits per heavy atom. The molecule has 0 aliphatic carbocycles. The Kier molecular flexibility index (Phi) is 3.88. The fourth-order valence-electron chi connectivity index (χ4n) is 2.45.